The molecule has 194 valence electrons. The minimum Gasteiger partial charge on any atom is -0.452 e. The van der Waals surface area contributed by atoms with Crippen LogP contribution in [0.25, 0.3) is 83.0 Å². The van der Waals surface area contributed by atoms with Crippen LogP contribution >= 0.6 is 0 Å². The topological polar surface area (TPSA) is 43.6 Å². The Bertz CT molecular complexity index is 2380. The molecular formula is C37H20N2O2U. The molecule has 42 heavy (non-hydrogen) atoms. The van der Waals surface area contributed by atoms with Crippen molar-refractivity contribution in [2.45, 2.75) is 0 Å². The quantitative estimate of drug-likeness (QED) is 0.169. The normalized spacial score (nSPS) is 11.6. The Morgan fingerprint density at radius 2 is 1.24 bits per heavy atom. The van der Waals surface area contributed by atoms with Gasteiger partial charge in [-0.3, -0.25) is 0 Å². The molecule has 0 radical (unpaired) electrons. The first-order valence-corrected chi connectivity index (χ1v) is 13.5. The monoisotopic (exact) mass is 762 g/mol. The third kappa shape index (κ3) is 3.93. The number of nitrogens with zero attached hydrogens (tertiary/aromatic N) is 2. The molecular weight excluding hydrogens is 742 g/mol. The molecule has 4 aromatic heterocycles. The van der Waals surface area contributed by atoms with Gasteiger partial charge in [-0.1, -0.05) is 47.5 Å². The maximum Gasteiger partial charge on any atom is 2.00 e. The fraction of sp³-hybridized carbons (Fsp3) is 0. The number of rotatable bonds is 3. The zero-order chi connectivity index (χ0) is 26.9. The zero-order valence-corrected chi connectivity index (χ0v) is 26.4. The van der Waals surface area contributed by atoms with Gasteiger partial charge in [-0.25, -0.2) is 16.1 Å². The standard InChI is InChI=1S/C37H20N2O2.U/c1-2-6-33-28(5-1)29-17-18-30-31-21-27(16-19-34(31)41-37(30)36(29)40-33)25-10-8-23(9-11-25)24-12-14-26(15-13-24)32-22-39-20-4-3-7-35(39)38-32;/h1-8,10-12,14-22H;/q-2;+2. The van der Waals surface area contributed by atoms with Crippen molar-refractivity contribution in [3.05, 3.63) is 134 Å². The average molecular weight is 763 g/mol. The number of para-hydroxylation sites is 1. The van der Waals surface area contributed by atoms with Crippen LogP contribution in [0.3, 0.4) is 0 Å². The number of hydrogen-bond donors (Lipinski definition) is 0. The average Bonchev–Trinajstić information content (AvgIpc) is 3.74. The van der Waals surface area contributed by atoms with Crippen LogP contribution in [0.1, 0.15) is 0 Å². The number of imidazole rings is 1. The number of hydrogen-bond acceptors (Lipinski definition) is 3. The maximum absolute atomic E-state index is 6.31. The molecule has 0 unspecified atom stereocenters. The van der Waals surface area contributed by atoms with E-state index < -0.39 is 0 Å². The molecule has 9 rings (SSSR count). The summed E-state index contributed by atoms with van der Waals surface area (Å²) in [7, 11) is 0. The maximum atomic E-state index is 6.31. The van der Waals surface area contributed by atoms with E-state index in [1.165, 1.54) is 0 Å². The molecule has 5 aromatic carbocycles. The Kier molecular flexibility index (Phi) is 5.86. The predicted octanol–water partition coefficient (Wildman–Crippen LogP) is 9.73. The summed E-state index contributed by atoms with van der Waals surface area (Å²) in [5.41, 5.74) is 10.4. The number of benzene rings is 5. The van der Waals surface area contributed by atoms with Crippen LogP contribution < -0.4 is 0 Å². The third-order valence-electron chi connectivity index (χ3n) is 7.89. The molecule has 0 spiro atoms. The Morgan fingerprint density at radius 1 is 0.571 bits per heavy atom. The summed E-state index contributed by atoms with van der Waals surface area (Å²) in [6, 6.07) is 44.0. The molecule has 0 aliphatic rings. The molecule has 4 nitrogen and oxygen atoms in total. The van der Waals surface area contributed by atoms with E-state index in [1.807, 2.05) is 71.4 Å². The number of furan rings is 2. The smallest absolute Gasteiger partial charge is 0.452 e. The zero-order valence-electron chi connectivity index (χ0n) is 22.3. The van der Waals surface area contributed by atoms with E-state index >= 15 is 0 Å². The molecule has 0 saturated carbocycles. The third-order valence-corrected chi connectivity index (χ3v) is 7.89. The molecule has 0 amide bonds. The van der Waals surface area contributed by atoms with E-state index in [2.05, 4.69) is 66.7 Å². The van der Waals surface area contributed by atoms with Gasteiger partial charge in [-0.15, -0.1) is 29.8 Å². The molecule has 4 heterocycles. The van der Waals surface area contributed by atoms with Gasteiger partial charge in [0, 0.05) is 39.6 Å². The fourth-order valence-corrected chi connectivity index (χ4v) is 5.79. The van der Waals surface area contributed by atoms with Crippen LogP contribution in [0.2, 0.25) is 0 Å². The Balaban J connectivity index is 0.00000267. The van der Waals surface area contributed by atoms with Crippen LogP contribution in [-0.2, 0) is 0 Å². The molecule has 0 fully saturated rings. The molecule has 0 atom stereocenters. The van der Waals surface area contributed by atoms with Crippen molar-refractivity contribution in [3.63, 3.8) is 0 Å². The van der Waals surface area contributed by atoms with E-state index in [4.69, 9.17) is 13.8 Å². The predicted molar refractivity (Wildman–Crippen MR) is 164 cm³/mol. The minimum atomic E-state index is 0. The van der Waals surface area contributed by atoms with Gasteiger partial charge >= 0.3 is 31.1 Å². The van der Waals surface area contributed by atoms with Crippen LogP contribution in [0.4, 0.5) is 0 Å². The fourth-order valence-electron chi connectivity index (χ4n) is 5.79. The van der Waals surface area contributed by atoms with Gasteiger partial charge in [0.1, 0.15) is 16.8 Å². The summed E-state index contributed by atoms with van der Waals surface area (Å²) in [5.74, 6) is 0. The first-order chi connectivity index (χ1) is 20.3. The number of pyridine rings is 1. The summed E-state index contributed by atoms with van der Waals surface area (Å²) < 4.78 is 14.5. The summed E-state index contributed by atoms with van der Waals surface area (Å²) in [6.07, 6.45) is 4.05. The molecule has 5 heteroatoms. The second-order valence-electron chi connectivity index (χ2n) is 10.3. The van der Waals surface area contributed by atoms with Crippen molar-refractivity contribution in [1.29, 1.82) is 0 Å². The summed E-state index contributed by atoms with van der Waals surface area (Å²) in [6.45, 7) is 0. The number of fused-ring (bicyclic) bond motifs is 8. The van der Waals surface area contributed by atoms with Gasteiger partial charge in [0.05, 0.1) is 0 Å². The van der Waals surface area contributed by atoms with E-state index in [0.717, 1.165) is 83.0 Å². The van der Waals surface area contributed by atoms with Gasteiger partial charge < -0.3 is 13.2 Å². The SMILES string of the molecule is [U+2].[c-]1cc(-c2ccc3oc4c(ccc5c6ccccc6oc54)c3c2)ccc1-c1[c-]cc(-c2cn3ccccc3n2)cc1. The van der Waals surface area contributed by atoms with Crippen LogP contribution in [0.15, 0.2) is 130 Å². The molecule has 0 aliphatic heterocycles. The molecule has 0 N–H and O–H groups in total. The Morgan fingerprint density at radius 3 is 1.98 bits per heavy atom. The Labute approximate surface area is 264 Å². The molecule has 9 aromatic rings. The summed E-state index contributed by atoms with van der Waals surface area (Å²) in [5, 5.41) is 4.29. The first-order valence-electron chi connectivity index (χ1n) is 13.5. The van der Waals surface area contributed by atoms with Crippen molar-refractivity contribution in [1.82, 2.24) is 9.38 Å². The van der Waals surface area contributed by atoms with E-state index in [9.17, 15) is 0 Å². The van der Waals surface area contributed by atoms with E-state index in [0.29, 0.717) is 0 Å². The largest absolute Gasteiger partial charge is 2.00 e. The van der Waals surface area contributed by atoms with Gasteiger partial charge in [0.25, 0.3) is 0 Å². The van der Waals surface area contributed by atoms with Crippen LogP contribution in [0, 0.1) is 43.2 Å². The van der Waals surface area contributed by atoms with E-state index in [-0.39, 0.29) is 31.1 Å². The van der Waals surface area contributed by atoms with Crippen molar-refractivity contribution in [2.75, 3.05) is 0 Å². The van der Waals surface area contributed by atoms with Gasteiger partial charge in [0.15, 0.2) is 11.2 Å². The summed E-state index contributed by atoms with van der Waals surface area (Å²) >= 11 is 0. The Hall–Kier alpha value is -4.56. The van der Waals surface area contributed by atoms with Crippen molar-refractivity contribution >= 4 is 49.5 Å². The number of aromatic nitrogens is 2. The second kappa shape index (κ2) is 9.77. The van der Waals surface area contributed by atoms with Gasteiger partial charge in [-0.2, -0.15) is 24.3 Å². The van der Waals surface area contributed by atoms with Gasteiger partial charge in [-0.05, 0) is 36.4 Å². The first kappa shape index (κ1) is 25.2. The van der Waals surface area contributed by atoms with Crippen molar-refractivity contribution < 1.29 is 39.9 Å². The van der Waals surface area contributed by atoms with Crippen molar-refractivity contribution in [3.8, 4) is 33.5 Å². The molecule has 0 bridgehead atoms. The van der Waals surface area contributed by atoms with Crippen molar-refractivity contribution in [2.24, 2.45) is 0 Å². The minimum absolute atomic E-state index is 0. The molecule has 0 saturated heterocycles. The summed E-state index contributed by atoms with van der Waals surface area (Å²) in [4.78, 5) is 4.72. The van der Waals surface area contributed by atoms with Crippen LogP contribution in [-0.4, -0.2) is 9.38 Å². The molecule has 0 aliphatic carbocycles. The second-order valence-corrected chi connectivity index (χ2v) is 10.3. The van der Waals surface area contributed by atoms with Gasteiger partial charge in [0.2, 0.25) is 0 Å². The van der Waals surface area contributed by atoms with E-state index in [1.54, 1.807) is 0 Å². The van der Waals surface area contributed by atoms with Crippen LogP contribution in [0.5, 0.6) is 0 Å².